The van der Waals surface area contributed by atoms with Crippen LogP contribution < -0.4 is 15.2 Å². The minimum Gasteiger partial charge on any atom is -0.481 e. The van der Waals surface area contributed by atoms with E-state index in [9.17, 15) is 13.6 Å². The second-order valence-electron chi connectivity index (χ2n) is 4.01. The molecule has 1 aliphatic rings. The Morgan fingerprint density at radius 1 is 1.39 bits per heavy atom. The molecule has 0 aliphatic carbocycles. The first-order valence-electron chi connectivity index (χ1n) is 5.22. The third-order valence-electron chi connectivity index (χ3n) is 2.40. The van der Waals surface area contributed by atoms with E-state index >= 15 is 0 Å². The van der Waals surface area contributed by atoms with Crippen molar-refractivity contribution in [3.8, 4) is 11.5 Å². The Bertz CT molecular complexity index is 478. The van der Waals surface area contributed by atoms with E-state index in [2.05, 4.69) is 9.47 Å². The Morgan fingerprint density at radius 2 is 2.06 bits per heavy atom. The van der Waals surface area contributed by atoms with Crippen LogP contribution in [0.1, 0.15) is 12.0 Å². The van der Waals surface area contributed by atoms with Gasteiger partial charge in [-0.2, -0.15) is 0 Å². The number of aliphatic carboxylic acids is 1. The summed E-state index contributed by atoms with van der Waals surface area (Å²) in [4.78, 5) is 10.4. The number of alkyl halides is 2. The van der Waals surface area contributed by atoms with Crippen molar-refractivity contribution in [3.63, 3.8) is 0 Å². The lowest BCUT2D eigenvalue weighted by atomic mass is 10.0. The van der Waals surface area contributed by atoms with Crippen molar-refractivity contribution in [1.29, 1.82) is 0 Å². The predicted octanol–water partition coefficient (Wildman–Crippen LogP) is 1.35. The van der Waals surface area contributed by atoms with Gasteiger partial charge in [0.2, 0.25) is 0 Å². The molecular weight excluding hydrogens is 248 g/mol. The molecule has 1 atom stereocenters. The maximum absolute atomic E-state index is 12.8. The fourth-order valence-electron chi connectivity index (χ4n) is 1.72. The van der Waals surface area contributed by atoms with E-state index in [-0.39, 0.29) is 24.3 Å². The maximum Gasteiger partial charge on any atom is 0.586 e. The molecule has 0 saturated carbocycles. The minimum atomic E-state index is -3.65. The molecule has 3 N–H and O–H groups in total. The first-order valence-corrected chi connectivity index (χ1v) is 5.22. The van der Waals surface area contributed by atoms with Crippen LogP contribution in [-0.4, -0.2) is 23.4 Å². The summed E-state index contributed by atoms with van der Waals surface area (Å²) in [6.07, 6.45) is -3.58. The number of halogens is 2. The second kappa shape index (κ2) is 4.41. The third kappa shape index (κ3) is 2.86. The zero-order chi connectivity index (χ0) is 13.3. The fourth-order valence-corrected chi connectivity index (χ4v) is 1.72. The van der Waals surface area contributed by atoms with Crippen LogP contribution in [0, 0.1) is 0 Å². The number of hydrogen-bond acceptors (Lipinski definition) is 4. The average Bonchev–Trinajstić information content (AvgIpc) is 2.49. The highest BCUT2D eigenvalue weighted by Crippen LogP contribution is 2.41. The van der Waals surface area contributed by atoms with E-state index in [0.29, 0.717) is 5.56 Å². The Labute approximate surface area is 101 Å². The van der Waals surface area contributed by atoms with Gasteiger partial charge in [-0.25, -0.2) is 0 Å². The highest BCUT2D eigenvalue weighted by molar-refractivity contribution is 5.67. The van der Waals surface area contributed by atoms with Gasteiger partial charge in [0, 0.05) is 6.04 Å². The Kier molecular flexibility index (Phi) is 3.08. The van der Waals surface area contributed by atoms with Crippen molar-refractivity contribution in [2.24, 2.45) is 5.73 Å². The standard InChI is InChI=1S/C11H11F2NO4/c12-11(13)17-8-2-1-6(4-9(8)18-11)3-7(14)5-10(15)16/h1-2,4,7H,3,5,14H2,(H,15,16). The molecule has 1 unspecified atom stereocenters. The van der Waals surface area contributed by atoms with E-state index in [1.807, 2.05) is 0 Å². The molecule has 0 aromatic heterocycles. The summed E-state index contributed by atoms with van der Waals surface area (Å²) in [5.74, 6) is -1.12. The van der Waals surface area contributed by atoms with E-state index in [4.69, 9.17) is 10.8 Å². The zero-order valence-electron chi connectivity index (χ0n) is 9.23. The summed E-state index contributed by atoms with van der Waals surface area (Å²) >= 11 is 0. The number of rotatable bonds is 4. The van der Waals surface area contributed by atoms with Crippen LogP contribution >= 0.6 is 0 Å². The predicted molar refractivity (Wildman–Crippen MR) is 56.6 cm³/mol. The third-order valence-corrected chi connectivity index (χ3v) is 2.40. The molecule has 2 rings (SSSR count). The van der Waals surface area contributed by atoms with Gasteiger partial charge in [-0.1, -0.05) is 6.07 Å². The van der Waals surface area contributed by atoms with Gasteiger partial charge in [-0.05, 0) is 24.1 Å². The van der Waals surface area contributed by atoms with Gasteiger partial charge in [-0.15, -0.1) is 8.78 Å². The molecule has 0 spiro atoms. The zero-order valence-corrected chi connectivity index (χ0v) is 9.23. The van der Waals surface area contributed by atoms with Gasteiger partial charge in [0.05, 0.1) is 6.42 Å². The Morgan fingerprint density at radius 3 is 2.72 bits per heavy atom. The molecule has 18 heavy (non-hydrogen) atoms. The largest absolute Gasteiger partial charge is 0.586 e. The molecule has 98 valence electrons. The van der Waals surface area contributed by atoms with Crippen molar-refractivity contribution in [3.05, 3.63) is 23.8 Å². The van der Waals surface area contributed by atoms with Crippen LogP contribution in [0.2, 0.25) is 0 Å². The van der Waals surface area contributed by atoms with E-state index in [0.717, 1.165) is 0 Å². The van der Waals surface area contributed by atoms with Gasteiger partial charge in [0.1, 0.15) is 0 Å². The van der Waals surface area contributed by atoms with Crippen molar-refractivity contribution in [2.45, 2.75) is 25.2 Å². The number of hydrogen-bond donors (Lipinski definition) is 2. The quantitative estimate of drug-likeness (QED) is 0.853. The number of benzene rings is 1. The van der Waals surface area contributed by atoms with Crippen LogP contribution in [0.25, 0.3) is 0 Å². The SMILES string of the molecule is NC(CC(=O)O)Cc1ccc2c(c1)OC(F)(F)O2. The number of carboxylic acids is 1. The van der Waals surface area contributed by atoms with Gasteiger partial charge in [-0.3, -0.25) is 4.79 Å². The maximum atomic E-state index is 12.8. The minimum absolute atomic E-state index is 0.0458. The summed E-state index contributed by atoms with van der Waals surface area (Å²) < 4.78 is 34.0. The van der Waals surface area contributed by atoms with Crippen molar-refractivity contribution in [1.82, 2.24) is 0 Å². The monoisotopic (exact) mass is 259 g/mol. The molecule has 0 bridgehead atoms. The van der Waals surface area contributed by atoms with Crippen LogP contribution in [0.3, 0.4) is 0 Å². The van der Waals surface area contributed by atoms with Crippen LogP contribution in [0.5, 0.6) is 11.5 Å². The van der Waals surface area contributed by atoms with Crippen LogP contribution in [-0.2, 0) is 11.2 Å². The smallest absolute Gasteiger partial charge is 0.481 e. The molecule has 0 fully saturated rings. The summed E-state index contributed by atoms with van der Waals surface area (Å²) in [6, 6.07) is 3.69. The lowest BCUT2D eigenvalue weighted by Crippen LogP contribution is -2.26. The van der Waals surface area contributed by atoms with E-state index in [1.54, 1.807) is 6.07 Å². The van der Waals surface area contributed by atoms with Crippen molar-refractivity contribution >= 4 is 5.97 Å². The Balaban J connectivity index is 2.07. The van der Waals surface area contributed by atoms with E-state index < -0.39 is 18.3 Å². The van der Waals surface area contributed by atoms with Crippen molar-refractivity contribution in [2.75, 3.05) is 0 Å². The van der Waals surface area contributed by atoms with Crippen LogP contribution in [0.4, 0.5) is 8.78 Å². The van der Waals surface area contributed by atoms with Crippen molar-refractivity contribution < 1.29 is 28.2 Å². The number of nitrogens with two attached hydrogens (primary N) is 1. The van der Waals surface area contributed by atoms with Crippen LogP contribution in [0.15, 0.2) is 18.2 Å². The molecule has 1 aliphatic heterocycles. The number of fused-ring (bicyclic) bond motifs is 1. The molecule has 1 aromatic carbocycles. The summed E-state index contributed by atoms with van der Waals surface area (Å²) in [5, 5.41) is 8.56. The molecule has 1 aromatic rings. The number of carboxylic acid groups (broad SMARTS) is 1. The number of carbonyl (C=O) groups is 1. The molecule has 7 heteroatoms. The Hall–Kier alpha value is -1.89. The molecule has 1 heterocycles. The first-order chi connectivity index (χ1) is 8.35. The van der Waals surface area contributed by atoms with Gasteiger partial charge in [0.25, 0.3) is 0 Å². The molecule has 0 radical (unpaired) electrons. The highest BCUT2D eigenvalue weighted by Gasteiger charge is 2.43. The van der Waals surface area contributed by atoms with E-state index in [1.165, 1.54) is 12.1 Å². The van der Waals surface area contributed by atoms with Gasteiger partial charge in [0.15, 0.2) is 11.5 Å². The fraction of sp³-hybridized carbons (Fsp3) is 0.364. The molecular formula is C11H11F2NO4. The molecule has 5 nitrogen and oxygen atoms in total. The lowest BCUT2D eigenvalue weighted by molar-refractivity contribution is -0.286. The molecule has 0 amide bonds. The normalized spacial score (nSPS) is 17.5. The summed E-state index contributed by atoms with van der Waals surface area (Å²) in [5.41, 5.74) is 6.22. The highest BCUT2D eigenvalue weighted by atomic mass is 19.3. The average molecular weight is 259 g/mol. The molecule has 0 saturated heterocycles. The van der Waals surface area contributed by atoms with Gasteiger partial charge < -0.3 is 20.3 Å². The second-order valence-corrected chi connectivity index (χ2v) is 4.01. The van der Waals surface area contributed by atoms with Gasteiger partial charge >= 0.3 is 12.3 Å². The lowest BCUT2D eigenvalue weighted by Gasteiger charge is -2.09. The first kappa shape index (κ1) is 12.6. The summed E-state index contributed by atoms with van der Waals surface area (Å²) in [6.45, 7) is 0. The summed E-state index contributed by atoms with van der Waals surface area (Å²) in [7, 11) is 0. The number of ether oxygens (including phenoxy) is 2. The topological polar surface area (TPSA) is 81.8 Å².